The fourth-order valence-corrected chi connectivity index (χ4v) is 3.24. The van der Waals surface area contributed by atoms with Crippen LogP contribution in [0.5, 0.6) is 0 Å². The molecular weight excluding hydrogens is 443 g/mol. The van der Waals surface area contributed by atoms with Crippen LogP contribution < -0.4 is 10.6 Å². The maximum atomic E-state index is 12.1. The van der Waals surface area contributed by atoms with E-state index in [-0.39, 0.29) is 12.5 Å². The summed E-state index contributed by atoms with van der Waals surface area (Å²) < 4.78 is 36.4. The Morgan fingerprint density at radius 1 is 0.971 bits per heavy atom. The molecule has 2 N–H and O–H groups in total. The molecule has 4 rings (SSSR count). The molecule has 1 aliphatic heterocycles. The Balaban J connectivity index is 0.000000197. The number of alkyl halides is 3. The van der Waals surface area contributed by atoms with Crippen molar-refractivity contribution in [2.24, 2.45) is 10.7 Å². The summed E-state index contributed by atoms with van der Waals surface area (Å²) in [5, 5.41) is 0. The second-order valence-corrected chi connectivity index (χ2v) is 7.36. The van der Waals surface area contributed by atoms with Crippen LogP contribution in [0.2, 0.25) is 0 Å². The molecule has 34 heavy (non-hydrogen) atoms. The molecule has 0 fully saturated rings. The van der Waals surface area contributed by atoms with Crippen molar-refractivity contribution in [2.45, 2.75) is 6.18 Å². The summed E-state index contributed by atoms with van der Waals surface area (Å²) >= 11 is 0. The van der Waals surface area contributed by atoms with E-state index in [2.05, 4.69) is 4.99 Å². The first-order chi connectivity index (χ1) is 16.2. The van der Waals surface area contributed by atoms with E-state index >= 15 is 0 Å². The van der Waals surface area contributed by atoms with Gasteiger partial charge in [-0.2, -0.15) is 13.2 Å². The van der Waals surface area contributed by atoms with Crippen LogP contribution in [0.25, 0.3) is 6.08 Å². The summed E-state index contributed by atoms with van der Waals surface area (Å²) in [5.41, 5.74) is 8.43. The van der Waals surface area contributed by atoms with Gasteiger partial charge in [-0.15, -0.1) is 0 Å². The summed E-state index contributed by atoms with van der Waals surface area (Å²) in [6.07, 6.45) is -1.91. The normalized spacial score (nSPS) is 13.5. The molecule has 0 bridgehead atoms. The van der Waals surface area contributed by atoms with Gasteiger partial charge in [-0.05, 0) is 29.8 Å². The Hall–Kier alpha value is -4.20. The number of hydrogen-bond donors (Lipinski definition) is 1. The van der Waals surface area contributed by atoms with Crippen LogP contribution >= 0.6 is 0 Å². The molecule has 2 amide bonds. The van der Waals surface area contributed by atoms with Crippen molar-refractivity contribution in [3.63, 3.8) is 0 Å². The zero-order valence-electron chi connectivity index (χ0n) is 18.3. The van der Waals surface area contributed by atoms with Crippen LogP contribution in [-0.2, 0) is 15.8 Å². The predicted octanol–water partition coefficient (Wildman–Crippen LogP) is 4.70. The first kappa shape index (κ1) is 24.4. The van der Waals surface area contributed by atoms with E-state index in [1.54, 1.807) is 11.9 Å². The third-order valence-electron chi connectivity index (χ3n) is 4.99. The predicted molar refractivity (Wildman–Crippen MR) is 126 cm³/mol. The van der Waals surface area contributed by atoms with Gasteiger partial charge in [0, 0.05) is 24.3 Å². The van der Waals surface area contributed by atoms with E-state index in [9.17, 15) is 22.8 Å². The summed E-state index contributed by atoms with van der Waals surface area (Å²) in [7, 11) is 1.80. The number of rotatable bonds is 3. The van der Waals surface area contributed by atoms with Gasteiger partial charge in [-0.1, -0.05) is 60.7 Å². The summed E-state index contributed by atoms with van der Waals surface area (Å²) in [6, 6.07) is 22.3. The minimum absolute atomic E-state index is 0.0124. The minimum Gasteiger partial charge on any atom is -0.366 e. The molecule has 8 heteroatoms. The number of anilines is 1. The van der Waals surface area contributed by atoms with Gasteiger partial charge in [0.1, 0.15) is 6.54 Å². The zero-order valence-corrected chi connectivity index (χ0v) is 18.3. The quantitative estimate of drug-likeness (QED) is 0.569. The van der Waals surface area contributed by atoms with Crippen molar-refractivity contribution in [2.75, 3.05) is 18.5 Å². The largest absolute Gasteiger partial charge is 0.416 e. The Morgan fingerprint density at radius 3 is 2.21 bits per heavy atom. The van der Waals surface area contributed by atoms with Gasteiger partial charge in [-0.25, -0.2) is 0 Å². The first-order valence-electron chi connectivity index (χ1n) is 10.3. The van der Waals surface area contributed by atoms with Crippen molar-refractivity contribution in [1.82, 2.24) is 0 Å². The summed E-state index contributed by atoms with van der Waals surface area (Å²) in [4.78, 5) is 28.5. The second-order valence-electron chi connectivity index (χ2n) is 7.36. The molecule has 0 spiro atoms. The average molecular weight is 465 g/mol. The molecule has 0 aromatic heterocycles. The highest BCUT2D eigenvalue weighted by molar-refractivity contribution is 6.19. The first-order valence-corrected chi connectivity index (χ1v) is 10.3. The van der Waals surface area contributed by atoms with E-state index in [1.165, 1.54) is 18.2 Å². The number of nitrogens with zero attached hydrogens (tertiary/aromatic N) is 2. The van der Waals surface area contributed by atoms with Crippen molar-refractivity contribution < 1.29 is 22.8 Å². The molecule has 0 unspecified atom stereocenters. The maximum absolute atomic E-state index is 12.1. The molecule has 1 heterocycles. The number of benzene rings is 3. The van der Waals surface area contributed by atoms with Gasteiger partial charge in [0.15, 0.2) is 0 Å². The smallest absolute Gasteiger partial charge is 0.366 e. The Labute approximate surface area is 195 Å². The van der Waals surface area contributed by atoms with E-state index in [4.69, 9.17) is 5.73 Å². The van der Waals surface area contributed by atoms with Crippen LogP contribution in [0.3, 0.4) is 0 Å². The van der Waals surface area contributed by atoms with Crippen LogP contribution in [0, 0.1) is 0 Å². The van der Waals surface area contributed by atoms with Gasteiger partial charge >= 0.3 is 6.18 Å². The number of para-hydroxylation sites is 1. The Morgan fingerprint density at radius 2 is 1.59 bits per heavy atom. The third-order valence-corrected chi connectivity index (χ3v) is 4.99. The van der Waals surface area contributed by atoms with E-state index in [0.29, 0.717) is 5.56 Å². The molecule has 3 aromatic rings. The van der Waals surface area contributed by atoms with E-state index in [0.717, 1.165) is 40.7 Å². The van der Waals surface area contributed by atoms with Crippen molar-refractivity contribution in [3.05, 3.63) is 107 Å². The number of carbonyl (C=O) groups is 2. The van der Waals surface area contributed by atoms with Gasteiger partial charge in [0.25, 0.3) is 0 Å². The third kappa shape index (κ3) is 6.19. The number of halogens is 3. The lowest BCUT2D eigenvalue weighted by molar-refractivity contribution is -0.137. The van der Waals surface area contributed by atoms with Crippen molar-refractivity contribution >= 4 is 29.3 Å². The molecule has 0 saturated carbocycles. The molecule has 0 saturated heterocycles. The van der Waals surface area contributed by atoms with Crippen LogP contribution in [-0.4, -0.2) is 31.1 Å². The highest BCUT2D eigenvalue weighted by Gasteiger charge is 2.29. The van der Waals surface area contributed by atoms with Crippen molar-refractivity contribution in [3.8, 4) is 0 Å². The molecule has 5 nitrogen and oxygen atoms in total. The van der Waals surface area contributed by atoms with Gasteiger partial charge in [-0.3, -0.25) is 14.6 Å². The Kier molecular flexibility index (Phi) is 7.63. The maximum Gasteiger partial charge on any atom is 0.416 e. The average Bonchev–Trinajstić information content (AvgIpc) is 2.95. The lowest BCUT2D eigenvalue weighted by Crippen LogP contribution is -2.27. The van der Waals surface area contributed by atoms with E-state index < -0.39 is 17.6 Å². The van der Waals surface area contributed by atoms with Gasteiger partial charge < -0.3 is 10.6 Å². The standard InChI is InChI=1S/C16H14N2O.C10H8F3NO/c1-18-14-10-6-5-9-13(14)16(17-11-15(18)19)12-7-3-2-4-8-12;11-10(12,13)8-4-1-7(2-5-8)3-6-9(14)15/h2-10H,11H2,1H3;1-6H,(H2,14,15)/b;6-3+. The molecule has 0 atom stereocenters. The molecule has 0 aliphatic carbocycles. The summed E-state index contributed by atoms with van der Waals surface area (Å²) in [6.45, 7) is 0.190. The van der Waals surface area contributed by atoms with Crippen LogP contribution in [0.4, 0.5) is 18.9 Å². The highest BCUT2D eigenvalue weighted by atomic mass is 19.4. The number of hydrogen-bond acceptors (Lipinski definition) is 3. The topological polar surface area (TPSA) is 75.8 Å². The Bertz CT molecular complexity index is 1220. The SMILES string of the molecule is CN1C(=O)CN=C(c2ccccc2)c2ccccc21.NC(=O)/C=C/c1ccc(C(F)(F)F)cc1. The molecule has 1 aliphatic rings. The van der Waals surface area contributed by atoms with Crippen LogP contribution in [0.15, 0.2) is 89.9 Å². The number of likely N-dealkylation sites (N-methyl/N-ethyl adjacent to an activating group) is 1. The lowest BCUT2D eigenvalue weighted by Gasteiger charge is -2.17. The number of benzodiazepines with no additional fused rings is 1. The lowest BCUT2D eigenvalue weighted by atomic mass is 10.0. The monoisotopic (exact) mass is 465 g/mol. The highest BCUT2D eigenvalue weighted by Crippen LogP contribution is 2.29. The molecule has 0 radical (unpaired) electrons. The second kappa shape index (κ2) is 10.6. The van der Waals surface area contributed by atoms with E-state index in [1.807, 2.05) is 54.6 Å². The molecule has 3 aromatic carbocycles. The molecule has 174 valence electrons. The van der Waals surface area contributed by atoms with Crippen molar-refractivity contribution in [1.29, 1.82) is 0 Å². The fraction of sp³-hybridized carbons (Fsp3) is 0.115. The number of primary amides is 1. The minimum atomic E-state index is -4.34. The number of fused-ring (bicyclic) bond motifs is 1. The van der Waals surface area contributed by atoms with Gasteiger partial charge in [0.05, 0.1) is 17.0 Å². The number of nitrogens with two attached hydrogens (primary N) is 1. The molecular formula is C26H22F3N3O2. The summed E-state index contributed by atoms with van der Waals surface area (Å²) in [5.74, 6) is -0.631. The number of amides is 2. The zero-order chi connectivity index (χ0) is 24.7. The number of aliphatic imine (C=N–C) groups is 1. The fourth-order valence-electron chi connectivity index (χ4n) is 3.24. The number of carbonyl (C=O) groups excluding carboxylic acids is 2. The van der Waals surface area contributed by atoms with Gasteiger partial charge in [0.2, 0.25) is 11.8 Å². The van der Waals surface area contributed by atoms with Crippen LogP contribution in [0.1, 0.15) is 22.3 Å².